The fraction of sp³-hybridized carbons (Fsp3) is 0.538. The summed E-state index contributed by atoms with van der Waals surface area (Å²) in [7, 11) is 0. The van der Waals surface area contributed by atoms with E-state index in [-0.39, 0.29) is 6.04 Å². The second-order valence-corrected chi connectivity index (χ2v) is 4.61. The van der Waals surface area contributed by atoms with Crippen LogP contribution in [0.5, 0.6) is 0 Å². The van der Waals surface area contributed by atoms with Gasteiger partial charge in [-0.1, -0.05) is 6.07 Å². The van der Waals surface area contributed by atoms with Crippen molar-refractivity contribution in [2.24, 2.45) is 0 Å². The lowest BCUT2D eigenvalue weighted by molar-refractivity contribution is -0.122. The number of amides is 1. The van der Waals surface area contributed by atoms with Crippen LogP contribution < -0.4 is 5.32 Å². The van der Waals surface area contributed by atoms with Gasteiger partial charge in [0.05, 0.1) is 0 Å². The Morgan fingerprint density at radius 2 is 2.28 bits per heavy atom. The highest BCUT2D eigenvalue weighted by Crippen LogP contribution is 2.13. The van der Waals surface area contributed by atoms with E-state index in [0.29, 0.717) is 0 Å². The van der Waals surface area contributed by atoms with Gasteiger partial charge in [0.1, 0.15) is 0 Å². The summed E-state index contributed by atoms with van der Waals surface area (Å²) in [5.41, 5.74) is 1.20. The molecule has 0 aliphatic carbocycles. The molecule has 2 heterocycles. The zero-order valence-corrected chi connectivity index (χ0v) is 10.3. The second-order valence-electron chi connectivity index (χ2n) is 4.61. The molecule has 98 valence electrons. The molecule has 0 bridgehead atoms. The van der Waals surface area contributed by atoms with Gasteiger partial charge in [-0.3, -0.25) is 14.7 Å². The van der Waals surface area contributed by atoms with E-state index in [0.717, 1.165) is 32.5 Å². The van der Waals surface area contributed by atoms with Gasteiger partial charge in [-0.15, -0.1) is 0 Å². The van der Waals surface area contributed by atoms with Crippen molar-refractivity contribution in [1.82, 2.24) is 15.2 Å². The first-order valence-corrected chi connectivity index (χ1v) is 6.24. The van der Waals surface area contributed by atoms with E-state index in [1.54, 1.807) is 6.20 Å². The average Bonchev–Trinajstić information content (AvgIpc) is 2.42. The zero-order chi connectivity index (χ0) is 12.8. The van der Waals surface area contributed by atoms with Gasteiger partial charge < -0.3 is 5.32 Å². The van der Waals surface area contributed by atoms with Gasteiger partial charge in [0.15, 0.2) is 6.67 Å². The minimum atomic E-state index is -0.921. The number of halogens is 1. The number of pyridine rings is 1. The fourth-order valence-corrected chi connectivity index (χ4v) is 2.25. The third-order valence-corrected chi connectivity index (χ3v) is 3.20. The molecule has 0 atom stereocenters. The van der Waals surface area contributed by atoms with Crippen molar-refractivity contribution in [1.29, 1.82) is 0 Å². The van der Waals surface area contributed by atoms with E-state index in [9.17, 15) is 9.18 Å². The van der Waals surface area contributed by atoms with Crippen LogP contribution in [0, 0.1) is 0 Å². The van der Waals surface area contributed by atoms with Crippen molar-refractivity contribution in [3.8, 4) is 0 Å². The number of aromatic nitrogens is 1. The van der Waals surface area contributed by atoms with Crippen molar-refractivity contribution in [3.63, 3.8) is 0 Å². The molecule has 1 aliphatic heterocycles. The fourth-order valence-electron chi connectivity index (χ4n) is 2.25. The van der Waals surface area contributed by atoms with Gasteiger partial charge >= 0.3 is 0 Å². The minimum absolute atomic E-state index is 0.124. The smallest absolute Gasteiger partial charge is 0.251 e. The van der Waals surface area contributed by atoms with Crippen LogP contribution in [0.3, 0.4) is 0 Å². The highest BCUT2D eigenvalue weighted by Gasteiger charge is 2.20. The Bertz CT molecular complexity index is 377. The highest BCUT2D eigenvalue weighted by molar-refractivity contribution is 5.77. The molecule has 0 aromatic carbocycles. The summed E-state index contributed by atoms with van der Waals surface area (Å²) in [6, 6.07) is 4.12. The first kappa shape index (κ1) is 13.0. The standard InChI is InChI=1S/C13H18FN3O/c14-8-13(18)16-12-3-6-17(7-4-12)10-11-2-1-5-15-9-11/h1-2,5,9,12H,3-4,6-8,10H2,(H,16,18). The van der Waals surface area contributed by atoms with Gasteiger partial charge in [-0.2, -0.15) is 0 Å². The number of nitrogens with zero attached hydrogens (tertiary/aromatic N) is 2. The molecule has 1 saturated heterocycles. The lowest BCUT2D eigenvalue weighted by Gasteiger charge is -2.32. The maximum atomic E-state index is 12.1. The van der Waals surface area contributed by atoms with Gasteiger partial charge in [-0.25, -0.2) is 4.39 Å². The third kappa shape index (κ3) is 3.77. The van der Waals surface area contributed by atoms with Crippen LogP contribution in [0.15, 0.2) is 24.5 Å². The maximum Gasteiger partial charge on any atom is 0.251 e. The van der Waals surface area contributed by atoms with E-state index in [1.807, 2.05) is 12.3 Å². The van der Waals surface area contributed by atoms with Crippen molar-refractivity contribution in [3.05, 3.63) is 30.1 Å². The van der Waals surface area contributed by atoms with Gasteiger partial charge in [0.25, 0.3) is 5.91 Å². The van der Waals surface area contributed by atoms with E-state index >= 15 is 0 Å². The molecular weight excluding hydrogens is 233 g/mol. The molecule has 1 amide bonds. The monoisotopic (exact) mass is 251 g/mol. The largest absolute Gasteiger partial charge is 0.351 e. The summed E-state index contributed by atoms with van der Waals surface area (Å²) in [5, 5.41) is 2.70. The number of nitrogens with one attached hydrogen (secondary N) is 1. The molecule has 0 radical (unpaired) electrons. The molecule has 0 spiro atoms. The number of rotatable bonds is 4. The molecule has 0 unspecified atom stereocenters. The van der Waals surface area contributed by atoms with Crippen LogP contribution in [-0.2, 0) is 11.3 Å². The summed E-state index contributed by atoms with van der Waals surface area (Å²) in [5.74, 6) is -0.499. The third-order valence-electron chi connectivity index (χ3n) is 3.20. The molecule has 4 nitrogen and oxygen atoms in total. The number of likely N-dealkylation sites (tertiary alicyclic amines) is 1. The molecule has 5 heteroatoms. The molecular formula is C13H18FN3O. The SMILES string of the molecule is O=C(CF)NC1CCN(Cc2cccnc2)CC1. The van der Waals surface area contributed by atoms with E-state index < -0.39 is 12.6 Å². The van der Waals surface area contributed by atoms with Crippen molar-refractivity contribution >= 4 is 5.91 Å². The van der Waals surface area contributed by atoms with Gasteiger partial charge in [0.2, 0.25) is 0 Å². The Labute approximate surface area is 106 Å². The Morgan fingerprint density at radius 3 is 2.89 bits per heavy atom. The molecule has 0 saturated carbocycles. The Morgan fingerprint density at radius 1 is 1.50 bits per heavy atom. The summed E-state index contributed by atoms with van der Waals surface area (Å²) in [6.07, 6.45) is 5.40. The Hall–Kier alpha value is -1.49. The van der Waals surface area contributed by atoms with Gasteiger partial charge in [-0.05, 0) is 24.5 Å². The van der Waals surface area contributed by atoms with Crippen molar-refractivity contribution < 1.29 is 9.18 Å². The molecule has 1 aliphatic rings. The number of piperidine rings is 1. The lowest BCUT2D eigenvalue weighted by Crippen LogP contribution is -2.44. The average molecular weight is 251 g/mol. The van der Waals surface area contributed by atoms with Gasteiger partial charge in [0, 0.05) is 38.1 Å². The van der Waals surface area contributed by atoms with Crippen molar-refractivity contribution in [2.45, 2.75) is 25.4 Å². The number of carbonyl (C=O) groups is 1. The molecule has 18 heavy (non-hydrogen) atoms. The predicted octanol–water partition coefficient (Wildman–Crippen LogP) is 1.13. The summed E-state index contributed by atoms with van der Waals surface area (Å²) in [6.45, 7) is 1.81. The van der Waals surface area contributed by atoms with Crippen LogP contribution >= 0.6 is 0 Å². The maximum absolute atomic E-state index is 12.1. The number of alkyl halides is 1. The first-order valence-electron chi connectivity index (χ1n) is 6.24. The topological polar surface area (TPSA) is 45.2 Å². The van der Waals surface area contributed by atoms with Crippen molar-refractivity contribution in [2.75, 3.05) is 19.8 Å². The lowest BCUT2D eigenvalue weighted by atomic mass is 10.0. The normalized spacial score (nSPS) is 17.6. The first-order chi connectivity index (χ1) is 8.78. The zero-order valence-electron chi connectivity index (χ0n) is 10.3. The van der Waals surface area contributed by atoms with Crippen LogP contribution in [0.1, 0.15) is 18.4 Å². The minimum Gasteiger partial charge on any atom is -0.351 e. The Kier molecular flexibility index (Phi) is 4.64. The van der Waals surface area contributed by atoms with Crippen LogP contribution in [0.4, 0.5) is 4.39 Å². The molecule has 1 fully saturated rings. The van der Waals surface area contributed by atoms with Crippen LogP contribution in [-0.4, -0.2) is 41.6 Å². The number of hydrogen-bond acceptors (Lipinski definition) is 3. The molecule has 1 aromatic rings. The molecule has 1 N–H and O–H groups in total. The number of hydrogen-bond donors (Lipinski definition) is 1. The Balaban J connectivity index is 1.75. The molecule has 1 aromatic heterocycles. The number of carbonyl (C=O) groups excluding carboxylic acids is 1. The van der Waals surface area contributed by atoms with E-state index in [1.165, 1.54) is 5.56 Å². The van der Waals surface area contributed by atoms with E-state index in [4.69, 9.17) is 0 Å². The highest BCUT2D eigenvalue weighted by atomic mass is 19.1. The predicted molar refractivity (Wildman–Crippen MR) is 66.7 cm³/mol. The molecule has 2 rings (SSSR count). The van der Waals surface area contributed by atoms with Crippen LogP contribution in [0.25, 0.3) is 0 Å². The summed E-state index contributed by atoms with van der Waals surface area (Å²) < 4.78 is 12.1. The van der Waals surface area contributed by atoms with E-state index in [2.05, 4.69) is 21.3 Å². The quantitative estimate of drug-likeness (QED) is 0.872. The van der Waals surface area contributed by atoms with Crippen LogP contribution in [0.2, 0.25) is 0 Å². The second kappa shape index (κ2) is 6.44. The summed E-state index contributed by atoms with van der Waals surface area (Å²) >= 11 is 0. The summed E-state index contributed by atoms with van der Waals surface area (Å²) in [4.78, 5) is 17.4.